The van der Waals surface area contributed by atoms with E-state index in [1.165, 1.54) is 5.56 Å². The average molecular weight is 708 g/mol. The van der Waals surface area contributed by atoms with Gasteiger partial charge in [0.15, 0.2) is 5.75 Å². The van der Waals surface area contributed by atoms with E-state index in [-0.39, 0.29) is 18.3 Å². The fourth-order valence-corrected chi connectivity index (χ4v) is 5.59. The minimum absolute atomic E-state index is 0. The number of carbonyl (C=O) groups is 1. The lowest BCUT2D eigenvalue weighted by Crippen LogP contribution is -2.47. The quantitative estimate of drug-likeness (QED) is 0.154. The maximum Gasteiger partial charge on any atom is 0.246 e. The molecule has 5 rings (SSSR count). The highest BCUT2D eigenvalue weighted by Gasteiger charge is 2.20. The van der Waals surface area contributed by atoms with Crippen LogP contribution >= 0.6 is 58.8 Å². The lowest BCUT2D eigenvalue weighted by atomic mass is 10.1. The van der Waals surface area contributed by atoms with Crippen molar-refractivity contribution in [1.82, 2.24) is 14.8 Å². The third-order valence-electron chi connectivity index (χ3n) is 7.23. The molecule has 6 nitrogen and oxygen atoms in total. The number of hydrogen-bond acceptors (Lipinski definition) is 5. The first kappa shape index (κ1) is 34.9. The van der Waals surface area contributed by atoms with Crippen molar-refractivity contribution in [2.75, 3.05) is 32.8 Å². The summed E-state index contributed by atoms with van der Waals surface area (Å²) in [6, 6.07) is 20.6. The summed E-state index contributed by atoms with van der Waals surface area (Å²) in [7, 11) is 0. The summed E-state index contributed by atoms with van der Waals surface area (Å²) >= 11 is 24.6. The number of benzene rings is 3. The smallest absolute Gasteiger partial charge is 0.246 e. The maximum atomic E-state index is 12.9. The number of hydrogen-bond donors (Lipinski definition) is 0. The minimum Gasteiger partial charge on any atom is -0.492 e. The number of amides is 1. The van der Waals surface area contributed by atoms with Gasteiger partial charge in [0.2, 0.25) is 11.8 Å². The number of ether oxygens (including phenoxy) is 2. The second kappa shape index (κ2) is 16.5. The van der Waals surface area contributed by atoms with E-state index in [1.54, 1.807) is 42.6 Å². The van der Waals surface area contributed by atoms with Crippen LogP contribution in [0.15, 0.2) is 79.0 Å². The van der Waals surface area contributed by atoms with Crippen molar-refractivity contribution in [2.45, 2.75) is 19.9 Å². The molecule has 1 aromatic heterocycles. The lowest BCUT2D eigenvalue weighted by Gasteiger charge is -2.34. The first-order valence-corrected chi connectivity index (χ1v) is 15.7. The summed E-state index contributed by atoms with van der Waals surface area (Å²) in [6.45, 7) is 6.20. The van der Waals surface area contributed by atoms with Crippen LogP contribution < -0.4 is 9.47 Å². The van der Waals surface area contributed by atoms with E-state index in [4.69, 9.17) is 55.9 Å². The highest BCUT2D eigenvalue weighted by Crippen LogP contribution is 2.34. The number of halogens is 5. The monoisotopic (exact) mass is 705 g/mol. The Balaban J connectivity index is 0.00000461. The molecule has 1 amide bonds. The van der Waals surface area contributed by atoms with Crippen LogP contribution in [0, 0.1) is 6.92 Å². The highest BCUT2D eigenvalue weighted by molar-refractivity contribution is 6.42. The van der Waals surface area contributed by atoms with Gasteiger partial charge in [-0.3, -0.25) is 9.69 Å². The van der Waals surface area contributed by atoms with Gasteiger partial charge < -0.3 is 14.4 Å². The van der Waals surface area contributed by atoms with E-state index in [0.717, 1.165) is 41.3 Å². The van der Waals surface area contributed by atoms with Gasteiger partial charge in [-0.05, 0) is 77.7 Å². The van der Waals surface area contributed by atoms with E-state index < -0.39 is 0 Å². The van der Waals surface area contributed by atoms with E-state index in [2.05, 4.69) is 9.88 Å². The van der Waals surface area contributed by atoms with Crippen LogP contribution in [0.25, 0.3) is 6.08 Å². The summed E-state index contributed by atoms with van der Waals surface area (Å²) in [5.41, 5.74) is 3.88. The van der Waals surface area contributed by atoms with Crippen molar-refractivity contribution in [2.24, 2.45) is 0 Å². The molecule has 1 aliphatic rings. The number of rotatable bonds is 10. The normalized spacial score (nSPS) is 13.5. The predicted octanol–water partition coefficient (Wildman–Crippen LogP) is 9.20. The zero-order valence-corrected chi connectivity index (χ0v) is 28.4. The second-order valence-corrected chi connectivity index (χ2v) is 12.1. The molecule has 2 heterocycles. The molecule has 0 unspecified atom stereocenters. The molecule has 0 saturated carbocycles. The first-order chi connectivity index (χ1) is 21.2. The highest BCUT2D eigenvalue weighted by atomic mass is 35.5. The Kier molecular flexibility index (Phi) is 12.8. The Morgan fingerprint density at radius 1 is 0.867 bits per heavy atom. The summed E-state index contributed by atoms with van der Waals surface area (Å²) in [6.07, 6.45) is 5.67. The van der Waals surface area contributed by atoms with Crippen molar-refractivity contribution in [3.63, 3.8) is 0 Å². The second-order valence-electron chi connectivity index (χ2n) is 10.5. The Bertz CT molecular complexity index is 1600. The topological polar surface area (TPSA) is 54.9 Å². The fourth-order valence-electron chi connectivity index (χ4n) is 4.83. The van der Waals surface area contributed by atoms with E-state index in [0.29, 0.717) is 58.6 Å². The SMILES string of the molecule is Cc1cc(C=CC(=O)N2CCN(Cc3ccc(Cl)cc3)CC2)cc(Cl)c1Oc1ccc(OCCc2ccc(Cl)c(Cl)c2)cn1.Cl. The number of aryl methyl sites for hydroxylation is 1. The molecule has 0 spiro atoms. The van der Waals surface area contributed by atoms with Crippen LogP contribution in [0.1, 0.15) is 22.3 Å². The van der Waals surface area contributed by atoms with Crippen molar-refractivity contribution in [1.29, 1.82) is 0 Å². The summed E-state index contributed by atoms with van der Waals surface area (Å²) in [4.78, 5) is 21.4. The van der Waals surface area contributed by atoms with Gasteiger partial charge in [0.1, 0.15) is 5.75 Å². The first-order valence-electron chi connectivity index (χ1n) is 14.2. The molecule has 1 fully saturated rings. The lowest BCUT2D eigenvalue weighted by molar-refractivity contribution is -0.127. The molecule has 3 aromatic carbocycles. The molecule has 11 heteroatoms. The van der Waals surface area contributed by atoms with Crippen LogP contribution in [-0.4, -0.2) is 53.5 Å². The zero-order valence-electron chi connectivity index (χ0n) is 24.5. The molecular weight excluding hydrogens is 676 g/mol. The number of pyridine rings is 1. The van der Waals surface area contributed by atoms with Gasteiger partial charge in [-0.2, -0.15) is 0 Å². The van der Waals surface area contributed by atoms with Gasteiger partial charge in [-0.25, -0.2) is 4.98 Å². The van der Waals surface area contributed by atoms with Crippen molar-refractivity contribution >= 4 is 70.8 Å². The standard InChI is InChI=1S/C34H31Cl4N3O3.ClH/c1-23-18-26(5-11-33(42)41-15-13-40(14-16-41)22-25-2-6-27(35)7-3-25)20-31(38)34(23)44-32-10-8-28(21-39-32)43-17-12-24-4-9-29(36)30(37)19-24;/h2-11,18-21H,12-17,22H2,1H3;1H. The van der Waals surface area contributed by atoms with Gasteiger partial charge in [-0.1, -0.05) is 64.6 Å². The van der Waals surface area contributed by atoms with Crippen LogP contribution in [0.5, 0.6) is 17.4 Å². The Hall–Kier alpha value is -2.97. The maximum absolute atomic E-state index is 12.9. The van der Waals surface area contributed by atoms with E-state index in [1.807, 2.05) is 54.3 Å². The molecule has 0 bridgehead atoms. The predicted molar refractivity (Wildman–Crippen MR) is 186 cm³/mol. The Morgan fingerprint density at radius 3 is 2.27 bits per heavy atom. The molecule has 0 aliphatic carbocycles. The summed E-state index contributed by atoms with van der Waals surface area (Å²) in [5.74, 6) is 1.50. The molecule has 0 N–H and O–H groups in total. The van der Waals surface area contributed by atoms with Gasteiger partial charge in [-0.15, -0.1) is 12.4 Å². The fraction of sp³-hybridized carbons (Fsp3) is 0.235. The number of carbonyl (C=O) groups excluding carboxylic acids is 1. The van der Waals surface area contributed by atoms with Crippen molar-refractivity contribution in [3.05, 3.63) is 121 Å². The summed E-state index contributed by atoms with van der Waals surface area (Å²) in [5, 5.41) is 2.21. The largest absolute Gasteiger partial charge is 0.492 e. The van der Waals surface area contributed by atoms with Crippen molar-refractivity contribution in [3.8, 4) is 17.4 Å². The van der Waals surface area contributed by atoms with Crippen molar-refractivity contribution < 1.29 is 14.3 Å². The van der Waals surface area contributed by atoms with Gasteiger partial charge in [0.25, 0.3) is 0 Å². The van der Waals surface area contributed by atoms with Crippen LogP contribution in [0.2, 0.25) is 20.1 Å². The molecular formula is C34H32Cl5N3O3. The molecule has 0 atom stereocenters. The van der Waals surface area contributed by atoms with Gasteiger partial charge in [0.05, 0.1) is 27.9 Å². The van der Waals surface area contributed by atoms with Gasteiger partial charge >= 0.3 is 0 Å². The third-order valence-corrected chi connectivity index (χ3v) is 8.50. The molecule has 4 aromatic rings. The molecule has 0 radical (unpaired) electrons. The van der Waals surface area contributed by atoms with E-state index in [9.17, 15) is 4.79 Å². The van der Waals surface area contributed by atoms with Crippen LogP contribution in [0.3, 0.4) is 0 Å². The van der Waals surface area contributed by atoms with Gasteiger partial charge in [0, 0.05) is 56.3 Å². The molecule has 1 saturated heterocycles. The third kappa shape index (κ3) is 10.0. The number of piperazine rings is 1. The Labute approximate surface area is 289 Å². The summed E-state index contributed by atoms with van der Waals surface area (Å²) < 4.78 is 11.8. The molecule has 236 valence electrons. The van der Waals surface area contributed by atoms with Crippen LogP contribution in [-0.2, 0) is 17.8 Å². The number of nitrogens with zero attached hydrogens (tertiary/aromatic N) is 3. The zero-order chi connectivity index (χ0) is 31.1. The Morgan fingerprint density at radius 2 is 1.60 bits per heavy atom. The van der Waals surface area contributed by atoms with Crippen LogP contribution in [0.4, 0.5) is 0 Å². The molecule has 1 aliphatic heterocycles. The number of aromatic nitrogens is 1. The average Bonchev–Trinajstić information content (AvgIpc) is 3.02. The molecule has 45 heavy (non-hydrogen) atoms. The minimum atomic E-state index is -0.0197. The van der Waals surface area contributed by atoms with E-state index >= 15 is 0 Å².